The largest absolute Gasteiger partial charge is 0.494 e. The SMILES string of the molecule is CCCCOc1cccc(C(=O)Oc2ccc(I)cc2)c1. The van der Waals surface area contributed by atoms with E-state index in [1.54, 1.807) is 30.3 Å². The summed E-state index contributed by atoms with van der Waals surface area (Å²) in [5.74, 6) is 0.857. The lowest BCUT2D eigenvalue weighted by atomic mass is 10.2. The number of rotatable bonds is 6. The van der Waals surface area contributed by atoms with Gasteiger partial charge in [0.15, 0.2) is 0 Å². The first-order valence-electron chi connectivity index (χ1n) is 6.89. The van der Waals surface area contributed by atoms with Crippen molar-refractivity contribution in [3.8, 4) is 11.5 Å². The van der Waals surface area contributed by atoms with Crippen molar-refractivity contribution in [1.29, 1.82) is 0 Å². The van der Waals surface area contributed by atoms with Crippen molar-refractivity contribution in [2.45, 2.75) is 19.8 Å². The quantitative estimate of drug-likeness (QED) is 0.308. The molecule has 0 saturated heterocycles. The Kier molecular flexibility index (Phi) is 6.04. The first kappa shape index (κ1) is 15.8. The van der Waals surface area contributed by atoms with Gasteiger partial charge in [-0.2, -0.15) is 0 Å². The van der Waals surface area contributed by atoms with E-state index in [9.17, 15) is 4.79 Å². The highest BCUT2D eigenvalue weighted by atomic mass is 127. The monoisotopic (exact) mass is 396 g/mol. The van der Waals surface area contributed by atoms with Gasteiger partial charge in [0.25, 0.3) is 0 Å². The Morgan fingerprint density at radius 1 is 1.10 bits per heavy atom. The predicted molar refractivity (Wildman–Crippen MR) is 91.0 cm³/mol. The summed E-state index contributed by atoms with van der Waals surface area (Å²) in [6, 6.07) is 14.4. The number of ether oxygens (including phenoxy) is 2. The molecule has 110 valence electrons. The minimum absolute atomic E-state index is 0.378. The Balaban J connectivity index is 2.01. The summed E-state index contributed by atoms with van der Waals surface area (Å²) in [5.41, 5.74) is 0.488. The maximum Gasteiger partial charge on any atom is 0.343 e. The molecule has 0 fully saturated rings. The summed E-state index contributed by atoms with van der Waals surface area (Å²) in [4.78, 5) is 12.1. The van der Waals surface area contributed by atoms with Crippen LogP contribution in [-0.4, -0.2) is 12.6 Å². The lowest BCUT2D eigenvalue weighted by Gasteiger charge is -2.08. The first-order valence-corrected chi connectivity index (χ1v) is 7.97. The Bertz CT molecular complexity index is 593. The number of hydrogen-bond acceptors (Lipinski definition) is 3. The van der Waals surface area contributed by atoms with Crippen LogP contribution in [0.2, 0.25) is 0 Å². The smallest absolute Gasteiger partial charge is 0.343 e. The molecule has 0 spiro atoms. The molecule has 2 aromatic rings. The molecule has 0 aliphatic rings. The lowest BCUT2D eigenvalue weighted by Crippen LogP contribution is -2.08. The van der Waals surface area contributed by atoms with E-state index in [2.05, 4.69) is 29.5 Å². The third-order valence-corrected chi connectivity index (χ3v) is 3.58. The zero-order chi connectivity index (χ0) is 15.1. The van der Waals surface area contributed by atoms with E-state index in [1.807, 2.05) is 18.2 Å². The highest BCUT2D eigenvalue weighted by Crippen LogP contribution is 2.18. The maximum absolute atomic E-state index is 12.1. The second-order valence-corrected chi connectivity index (χ2v) is 5.82. The lowest BCUT2D eigenvalue weighted by molar-refractivity contribution is 0.0734. The van der Waals surface area contributed by atoms with Gasteiger partial charge in [-0.25, -0.2) is 4.79 Å². The Labute approximate surface area is 138 Å². The number of benzene rings is 2. The minimum Gasteiger partial charge on any atom is -0.494 e. The number of unbranched alkanes of at least 4 members (excludes halogenated alkanes) is 1. The highest BCUT2D eigenvalue weighted by Gasteiger charge is 2.09. The van der Waals surface area contributed by atoms with Crippen LogP contribution in [0.25, 0.3) is 0 Å². The fourth-order valence-corrected chi connectivity index (χ4v) is 2.08. The molecule has 0 unspecified atom stereocenters. The van der Waals surface area contributed by atoms with E-state index >= 15 is 0 Å². The number of carbonyl (C=O) groups excluding carboxylic acids is 1. The van der Waals surface area contributed by atoms with Gasteiger partial charge in [-0.15, -0.1) is 0 Å². The van der Waals surface area contributed by atoms with Crippen molar-refractivity contribution in [3.63, 3.8) is 0 Å². The van der Waals surface area contributed by atoms with Crippen LogP contribution in [-0.2, 0) is 0 Å². The number of halogens is 1. The van der Waals surface area contributed by atoms with Crippen LogP contribution >= 0.6 is 22.6 Å². The molecule has 0 saturated carbocycles. The molecule has 0 N–H and O–H groups in total. The van der Waals surface area contributed by atoms with Crippen molar-refractivity contribution in [3.05, 3.63) is 57.7 Å². The standard InChI is InChI=1S/C17H17IO3/c1-2-3-11-20-16-6-4-5-13(12-16)17(19)21-15-9-7-14(18)8-10-15/h4-10,12H,2-3,11H2,1H3. The summed E-state index contributed by atoms with van der Waals surface area (Å²) in [5, 5.41) is 0. The molecule has 0 aliphatic carbocycles. The Hall–Kier alpha value is -1.56. The minimum atomic E-state index is -0.378. The topological polar surface area (TPSA) is 35.5 Å². The summed E-state index contributed by atoms with van der Waals surface area (Å²) in [6.07, 6.45) is 2.08. The molecule has 2 rings (SSSR count). The fraction of sp³-hybridized carbons (Fsp3) is 0.235. The van der Waals surface area contributed by atoms with E-state index in [1.165, 1.54) is 0 Å². The molecule has 2 aromatic carbocycles. The molecule has 0 aliphatic heterocycles. The summed E-state index contributed by atoms with van der Waals surface area (Å²) >= 11 is 2.20. The van der Waals surface area contributed by atoms with Crippen molar-refractivity contribution in [2.24, 2.45) is 0 Å². The zero-order valence-electron chi connectivity index (χ0n) is 11.8. The number of carbonyl (C=O) groups is 1. The van der Waals surface area contributed by atoms with Crippen LogP contribution in [0, 0.1) is 3.57 Å². The van der Waals surface area contributed by atoms with Gasteiger partial charge >= 0.3 is 5.97 Å². The maximum atomic E-state index is 12.1. The van der Waals surface area contributed by atoms with Gasteiger partial charge in [0.05, 0.1) is 12.2 Å². The molecule has 0 atom stereocenters. The van der Waals surface area contributed by atoms with E-state index in [4.69, 9.17) is 9.47 Å². The summed E-state index contributed by atoms with van der Waals surface area (Å²) in [7, 11) is 0. The Morgan fingerprint density at radius 2 is 1.86 bits per heavy atom. The first-order chi connectivity index (χ1) is 10.2. The van der Waals surface area contributed by atoms with Gasteiger partial charge in [-0.1, -0.05) is 19.4 Å². The molecule has 4 heteroatoms. The fourth-order valence-electron chi connectivity index (χ4n) is 1.72. The van der Waals surface area contributed by atoms with Gasteiger partial charge in [0, 0.05) is 3.57 Å². The van der Waals surface area contributed by atoms with E-state index in [0.29, 0.717) is 23.7 Å². The summed E-state index contributed by atoms with van der Waals surface area (Å²) in [6.45, 7) is 2.77. The molecule has 3 nitrogen and oxygen atoms in total. The molecule has 21 heavy (non-hydrogen) atoms. The van der Waals surface area contributed by atoms with Gasteiger partial charge in [0.2, 0.25) is 0 Å². The molecule has 0 amide bonds. The predicted octanol–water partition coefficient (Wildman–Crippen LogP) is 4.69. The van der Waals surface area contributed by atoms with Crippen LogP contribution in [0.5, 0.6) is 11.5 Å². The molecule has 0 radical (unpaired) electrons. The van der Waals surface area contributed by atoms with Gasteiger partial charge in [-0.3, -0.25) is 0 Å². The van der Waals surface area contributed by atoms with Crippen molar-refractivity contribution < 1.29 is 14.3 Å². The number of hydrogen-bond donors (Lipinski definition) is 0. The van der Waals surface area contributed by atoms with Gasteiger partial charge < -0.3 is 9.47 Å². The molecule has 0 bridgehead atoms. The van der Waals surface area contributed by atoms with Crippen molar-refractivity contribution in [1.82, 2.24) is 0 Å². The van der Waals surface area contributed by atoms with Crippen molar-refractivity contribution in [2.75, 3.05) is 6.61 Å². The molecular weight excluding hydrogens is 379 g/mol. The van der Waals surface area contributed by atoms with Gasteiger partial charge in [-0.05, 0) is 71.5 Å². The van der Waals surface area contributed by atoms with E-state index < -0.39 is 0 Å². The average Bonchev–Trinajstić information content (AvgIpc) is 2.50. The third-order valence-electron chi connectivity index (χ3n) is 2.86. The van der Waals surface area contributed by atoms with Crippen LogP contribution in [0.4, 0.5) is 0 Å². The van der Waals surface area contributed by atoms with E-state index in [-0.39, 0.29) is 5.97 Å². The second-order valence-electron chi connectivity index (χ2n) is 4.57. The summed E-state index contributed by atoms with van der Waals surface area (Å²) < 4.78 is 12.0. The van der Waals surface area contributed by atoms with Crippen LogP contribution < -0.4 is 9.47 Å². The average molecular weight is 396 g/mol. The van der Waals surface area contributed by atoms with Gasteiger partial charge in [0.1, 0.15) is 11.5 Å². The van der Waals surface area contributed by atoms with Crippen molar-refractivity contribution >= 4 is 28.6 Å². The zero-order valence-corrected chi connectivity index (χ0v) is 14.0. The molecular formula is C17H17IO3. The van der Waals surface area contributed by atoms with Crippen LogP contribution in [0.3, 0.4) is 0 Å². The van der Waals surface area contributed by atoms with Crippen LogP contribution in [0.1, 0.15) is 30.1 Å². The normalized spacial score (nSPS) is 10.2. The van der Waals surface area contributed by atoms with Crippen LogP contribution in [0.15, 0.2) is 48.5 Å². The second kappa shape index (κ2) is 8.02. The van der Waals surface area contributed by atoms with E-state index in [0.717, 1.165) is 16.4 Å². The number of esters is 1. The molecule has 0 aromatic heterocycles. The Morgan fingerprint density at radius 3 is 2.57 bits per heavy atom. The highest BCUT2D eigenvalue weighted by molar-refractivity contribution is 14.1. The third kappa shape index (κ3) is 5.04. The molecule has 0 heterocycles.